The molecule has 164 valence electrons. The molecule has 1 fully saturated rings. The minimum absolute atomic E-state index is 0.113. The van der Waals surface area contributed by atoms with Crippen LogP contribution in [0.2, 0.25) is 0 Å². The number of anilines is 2. The molecule has 0 unspecified atom stereocenters. The van der Waals surface area contributed by atoms with Crippen molar-refractivity contribution >= 4 is 29.2 Å². The van der Waals surface area contributed by atoms with Crippen LogP contribution >= 0.6 is 0 Å². The SMILES string of the molecule is Cc1cccc(C(C)C)c1NC(=O)COC(=O)COc1ccc(N2CCCC2=O)cc1. The Morgan fingerprint density at radius 2 is 1.84 bits per heavy atom. The van der Waals surface area contributed by atoms with Crippen molar-refractivity contribution in [2.45, 2.75) is 39.5 Å². The van der Waals surface area contributed by atoms with E-state index in [0.29, 0.717) is 18.7 Å². The standard InChI is InChI=1S/C24H28N2O5/c1-16(2)20-7-4-6-17(3)24(20)25-21(27)14-31-23(29)15-30-19-11-9-18(10-12-19)26-13-5-8-22(26)28/h4,6-7,9-12,16H,5,8,13-15H2,1-3H3,(H,25,27). The van der Waals surface area contributed by atoms with Crippen LogP contribution in [0.3, 0.4) is 0 Å². The summed E-state index contributed by atoms with van der Waals surface area (Å²) in [5, 5.41) is 2.84. The van der Waals surface area contributed by atoms with Crippen LogP contribution in [-0.2, 0) is 19.1 Å². The molecule has 0 spiro atoms. The van der Waals surface area contributed by atoms with Gasteiger partial charge in [-0.25, -0.2) is 4.79 Å². The molecule has 2 aromatic carbocycles. The third kappa shape index (κ3) is 5.84. The van der Waals surface area contributed by atoms with Crippen molar-refractivity contribution in [2.75, 3.05) is 30.0 Å². The van der Waals surface area contributed by atoms with Gasteiger partial charge in [0, 0.05) is 24.3 Å². The number of carbonyl (C=O) groups is 3. The lowest BCUT2D eigenvalue weighted by molar-refractivity contribution is -0.149. The predicted octanol–water partition coefficient (Wildman–Crippen LogP) is 3.81. The van der Waals surface area contributed by atoms with Crippen LogP contribution in [0.15, 0.2) is 42.5 Å². The van der Waals surface area contributed by atoms with Gasteiger partial charge in [0.05, 0.1) is 0 Å². The molecule has 0 aromatic heterocycles. The molecule has 2 aromatic rings. The van der Waals surface area contributed by atoms with Gasteiger partial charge in [0.25, 0.3) is 5.91 Å². The zero-order valence-corrected chi connectivity index (χ0v) is 18.1. The Morgan fingerprint density at radius 1 is 1.10 bits per heavy atom. The predicted molar refractivity (Wildman–Crippen MR) is 118 cm³/mol. The monoisotopic (exact) mass is 424 g/mol. The molecule has 1 heterocycles. The average Bonchev–Trinajstić information content (AvgIpc) is 3.18. The van der Waals surface area contributed by atoms with E-state index in [1.165, 1.54) is 0 Å². The number of amides is 2. The first kappa shape index (κ1) is 22.3. The summed E-state index contributed by atoms with van der Waals surface area (Å²) in [5.41, 5.74) is 3.55. The maximum atomic E-state index is 12.2. The Hall–Kier alpha value is -3.35. The number of aryl methyl sites for hydroxylation is 1. The van der Waals surface area contributed by atoms with Crippen molar-refractivity contribution in [3.05, 3.63) is 53.6 Å². The Balaban J connectivity index is 1.45. The molecular weight excluding hydrogens is 396 g/mol. The van der Waals surface area contributed by atoms with Gasteiger partial charge in [-0.05, 0) is 54.7 Å². The highest BCUT2D eigenvalue weighted by Crippen LogP contribution is 2.27. The van der Waals surface area contributed by atoms with Gasteiger partial charge >= 0.3 is 5.97 Å². The average molecular weight is 424 g/mol. The van der Waals surface area contributed by atoms with E-state index in [9.17, 15) is 14.4 Å². The smallest absolute Gasteiger partial charge is 0.344 e. The summed E-state index contributed by atoms with van der Waals surface area (Å²) in [5.74, 6) is -0.187. The fourth-order valence-corrected chi connectivity index (χ4v) is 3.49. The number of ether oxygens (including phenoxy) is 2. The second-order valence-corrected chi connectivity index (χ2v) is 7.83. The normalized spacial score (nSPS) is 13.4. The van der Waals surface area contributed by atoms with Crippen molar-refractivity contribution in [1.29, 1.82) is 0 Å². The molecule has 0 aliphatic carbocycles. The van der Waals surface area contributed by atoms with Gasteiger partial charge in [0.1, 0.15) is 5.75 Å². The molecule has 2 amide bonds. The van der Waals surface area contributed by atoms with Gasteiger partial charge in [-0.2, -0.15) is 0 Å². The Kier molecular flexibility index (Phi) is 7.28. The van der Waals surface area contributed by atoms with Crippen LogP contribution in [0.1, 0.15) is 43.7 Å². The number of hydrogen-bond donors (Lipinski definition) is 1. The van der Waals surface area contributed by atoms with E-state index in [1.807, 2.05) is 25.1 Å². The summed E-state index contributed by atoms with van der Waals surface area (Å²) in [6.45, 7) is 6.05. The summed E-state index contributed by atoms with van der Waals surface area (Å²) in [7, 11) is 0. The molecule has 31 heavy (non-hydrogen) atoms. The summed E-state index contributed by atoms with van der Waals surface area (Å²) in [4.78, 5) is 37.7. The molecule has 0 atom stereocenters. The molecule has 7 nitrogen and oxygen atoms in total. The number of rotatable bonds is 8. The summed E-state index contributed by atoms with van der Waals surface area (Å²) < 4.78 is 10.5. The van der Waals surface area contributed by atoms with Crippen molar-refractivity contribution in [3.63, 3.8) is 0 Å². The molecule has 1 N–H and O–H groups in total. The van der Waals surface area contributed by atoms with E-state index in [4.69, 9.17) is 9.47 Å². The fraction of sp³-hybridized carbons (Fsp3) is 0.375. The number of hydrogen-bond acceptors (Lipinski definition) is 5. The first-order chi connectivity index (χ1) is 14.8. The van der Waals surface area contributed by atoms with E-state index in [0.717, 1.165) is 28.9 Å². The van der Waals surface area contributed by atoms with Gasteiger partial charge in [0.15, 0.2) is 13.2 Å². The largest absolute Gasteiger partial charge is 0.482 e. The van der Waals surface area contributed by atoms with Gasteiger partial charge in [-0.1, -0.05) is 32.0 Å². The van der Waals surface area contributed by atoms with Crippen LogP contribution in [0.4, 0.5) is 11.4 Å². The molecule has 3 rings (SSSR count). The number of carbonyl (C=O) groups excluding carboxylic acids is 3. The van der Waals surface area contributed by atoms with Crippen molar-refractivity contribution in [2.24, 2.45) is 0 Å². The Bertz CT molecular complexity index is 953. The number of nitrogens with zero attached hydrogens (tertiary/aromatic N) is 1. The highest BCUT2D eigenvalue weighted by molar-refractivity contribution is 5.95. The summed E-state index contributed by atoms with van der Waals surface area (Å²) in [6.07, 6.45) is 1.43. The summed E-state index contributed by atoms with van der Waals surface area (Å²) in [6, 6.07) is 12.8. The van der Waals surface area contributed by atoms with E-state index in [2.05, 4.69) is 19.2 Å². The molecule has 1 aliphatic heterocycles. The molecular formula is C24H28N2O5. The van der Waals surface area contributed by atoms with Crippen LogP contribution in [0, 0.1) is 6.92 Å². The number of esters is 1. The van der Waals surface area contributed by atoms with Gasteiger partial charge in [-0.3, -0.25) is 9.59 Å². The van der Waals surface area contributed by atoms with Crippen molar-refractivity contribution in [1.82, 2.24) is 0 Å². The number of nitrogens with one attached hydrogen (secondary N) is 1. The number of benzene rings is 2. The molecule has 0 bridgehead atoms. The van der Waals surface area contributed by atoms with Gasteiger partial charge < -0.3 is 19.7 Å². The highest BCUT2D eigenvalue weighted by Gasteiger charge is 2.21. The second kappa shape index (κ2) is 10.1. The highest BCUT2D eigenvalue weighted by atomic mass is 16.6. The van der Waals surface area contributed by atoms with Crippen LogP contribution in [0.25, 0.3) is 0 Å². The van der Waals surface area contributed by atoms with Crippen molar-refractivity contribution < 1.29 is 23.9 Å². The first-order valence-electron chi connectivity index (χ1n) is 10.4. The third-order valence-corrected chi connectivity index (χ3v) is 5.13. The van der Waals surface area contributed by atoms with Crippen molar-refractivity contribution in [3.8, 4) is 5.75 Å². The lowest BCUT2D eigenvalue weighted by Crippen LogP contribution is -2.24. The molecule has 1 saturated heterocycles. The lowest BCUT2D eigenvalue weighted by atomic mass is 9.98. The van der Waals surface area contributed by atoms with E-state index >= 15 is 0 Å². The minimum atomic E-state index is -0.636. The second-order valence-electron chi connectivity index (χ2n) is 7.83. The van der Waals surface area contributed by atoms with Crippen LogP contribution in [-0.4, -0.2) is 37.5 Å². The molecule has 0 saturated carbocycles. The van der Waals surface area contributed by atoms with E-state index in [1.54, 1.807) is 29.2 Å². The fourth-order valence-electron chi connectivity index (χ4n) is 3.49. The van der Waals surface area contributed by atoms with E-state index < -0.39 is 11.9 Å². The first-order valence-corrected chi connectivity index (χ1v) is 10.4. The maximum Gasteiger partial charge on any atom is 0.344 e. The number of para-hydroxylation sites is 1. The van der Waals surface area contributed by atoms with Crippen LogP contribution in [0.5, 0.6) is 5.75 Å². The Morgan fingerprint density at radius 3 is 2.48 bits per heavy atom. The maximum absolute atomic E-state index is 12.2. The Labute approximate surface area is 182 Å². The molecule has 7 heteroatoms. The minimum Gasteiger partial charge on any atom is -0.482 e. The zero-order valence-electron chi connectivity index (χ0n) is 18.1. The quantitative estimate of drug-likeness (QED) is 0.652. The van der Waals surface area contributed by atoms with Gasteiger partial charge in [0.2, 0.25) is 5.91 Å². The molecule has 1 aliphatic rings. The topological polar surface area (TPSA) is 84.9 Å². The van der Waals surface area contributed by atoms with Gasteiger partial charge in [-0.15, -0.1) is 0 Å². The summed E-state index contributed by atoms with van der Waals surface area (Å²) >= 11 is 0. The van der Waals surface area contributed by atoms with Crippen LogP contribution < -0.4 is 15.0 Å². The molecule has 0 radical (unpaired) electrons. The van der Waals surface area contributed by atoms with E-state index in [-0.39, 0.29) is 25.0 Å². The lowest BCUT2D eigenvalue weighted by Gasteiger charge is -2.16. The zero-order chi connectivity index (χ0) is 22.4. The third-order valence-electron chi connectivity index (χ3n) is 5.13.